The van der Waals surface area contributed by atoms with Crippen LogP contribution in [0.15, 0.2) is 77.0 Å². The average molecular weight is 460 g/mol. The molecule has 3 aromatic carbocycles. The van der Waals surface area contributed by atoms with E-state index in [4.69, 9.17) is 0 Å². The number of halogens is 1. The summed E-state index contributed by atoms with van der Waals surface area (Å²) in [5.74, 6) is -0.288. The van der Waals surface area contributed by atoms with Gasteiger partial charge in [0.25, 0.3) is 0 Å². The smallest absolute Gasteiger partial charge is 0.133 e. The number of thiophene rings is 1. The second kappa shape index (κ2) is 10.7. The van der Waals surface area contributed by atoms with Gasteiger partial charge in [-0.1, -0.05) is 19.4 Å². The standard InChI is InChI=1S/C28H30FN3S/c1-4-7-8-25-18-21-17-20(9-16-28(21)33-25)26-15-12-23(19-27(26)29)31-30-22-10-13-24(14-11-22)32(5-2)6-3/h9-19H,4-8H2,1-3H3/b31-30+. The lowest BCUT2D eigenvalue weighted by atomic mass is 10.0. The van der Waals surface area contributed by atoms with E-state index < -0.39 is 0 Å². The molecule has 0 radical (unpaired) electrons. The number of anilines is 1. The Balaban J connectivity index is 1.51. The van der Waals surface area contributed by atoms with E-state index in [1.165, 1.54) is 33.9 Å². The first-order valence-electron chi connectivity index (χ1n) is 11.7. The maximum atomic E-state index is 14.9. The number of rotatable bonds is 9. The first kappa shape index (κ1) is 23.1. The zero-order chi connectivity index (χ0) is 23.2. The first-order chi connectivity index (χ1) is 16.1. The van der Waals surface area contributed by atoms with Gasteiger partial charge in [0.2, 0.25) is 0 Å². The zero-order valence-corrected chi connectivity index (χ0v) is 20.3. The van der Waals surface area contributed by atoms with E-state index in [0.29, 0.717) is 11.3 Å². The predicted octanol–water partition coefficient (Wildman–Crippen LogP) is 9.31. The quantitative estimate of drug-likeness (QED) is 0.229. The van der Waals surface area contributed by atoms with E-state index in [2.05, 4.69) is 54.1 Å². The molecule has 33 heavy (non-hydrogen) atoms. The summed E-state index contributed by atoms with van der Waals surface area (Å²) in [6, 6.07) is 21.4. The van der Waals surface area contributed by atoms with Gasteiger partial charge in [0, 0.05) is 40.0 Å². The number of fused-ring (bicyclic) bond motifs is 1. The molecule has 170 valence electrons. The summed E-state index contributed by atoms with van der Waals surface area (Å²) in [7, 11) is 0. The third-order valence-corrected chi connectivity index (χ3v) is 7.04. The molecule has 0 aliphatic carbocycles. The van der Waals surface area contributed by atoms with Crippen molar-refractivity contribution in [1.29, 1.82) is 0 Å². The number of hydrogen-bond donors (Lipinski definition) is 0. The Morgan fingerprint density at radius 3 is 2.24 bits per heavy atom. The van der Waals surface area contributed by atoms with Crippen LogP contribution in [0.4, 0.5) is 21.5 Å². The van der Waals surface area contributed by atoms with Crippen molar-refractivity contribution in [2.24, 2.45) is 10.2 Å². The minimum atomic E-state index is -0.288. The van der Waals surface area contributed by atoms with E-state index in [1.54, 1.807) is 6.07 Å². The number of unbranched alkanes of at least 4 members (excludes halogenated alkanes) is 1. The fourth-order valence-corrected chi connectivity index (χ4v) is 5.06. The molecule has 5 heteroatoms. The molecule has 0 bridgehead atoms. The molecule has 1 heterocycles. The van der Waals surface area contributed by atoms with Gasteiger partial charge in [0.1, 0.15) is 5.82 Å². The molecule has 0 amide bonds. The molecule has 0 aliphatic rings. The van der Waals surface area contributed by atoms with Crippen LogP contribution in [0, 0.1) is 5.82 Å². The van der Waals surface area contributed by atoms with Crippen molar-refractivity contribution in [1.82, 2.24) is 0 Å². The lowest BCUT2D eigenvalue weighted by molar-refractivity contribution is 0.631. The van der Waals surface area contributed by atoms with E-state index in [9.17, 15) is 4.39 Å². The van der Waals surface area contributed by atoms with Crippen LogP contribution in [0.5, 0.6) is 0 Å². The molecule has 0 N–H and O–H groups in total. The minimum absolute atomic E-state index is 0.288. The Morgan fingerprint density at radius 2 is 1.55 bits per heavy atom. The lowest BCUT2D eigenvalue weighted by Crippen LogP contribution is -2.21. The number of azo groups is 1. The summed E-state index contributed by atoms with van der Waals surface area (Å²) in [6.07, 6.45) is 3.50. The summed E-state index contributed by atoms with van der Waals surface area (Å²) in [6.45, 7) is 8.41. The maximum absolute atomic E-state index is 14.9. The number of nitrogens with zero attached hydrogens (tertiary/aromatic N) is 3. The Bertz CT molecular complexity index is 1240. The molecule has 4 aromatic rings. The Kier molecular flexibility index (Phi) is 7.50. The summed E-state index contributed by atoms with van der Waals surface area (Å²) < 4.78 is 16.2. The van der Waals surface area contributed by atoms with Gasteiger partial charge < -0.3 is 4.90 Å². The third kappa shape index (κ3) is 5.48. The molecule has 0 aliphatic heterocycles. The van der Waals surface area contributed by atoms with E-state index in [-0.39, 0.29) is 5.82 Å². The van der Waals surface area contributed by atoms with Crippen LogP contribution in [0.2, 0.25) is 0 Å². The summed E-state index contributed by atoms with van der Waals surface area (Å²) in [5, 5.41) is 9.70. The van der Waals surface area contributed by atoms with E-state index in [1.807, 2.05) is 47.7 Å². The molecule has 0 unspecified atom stereocenters. The second-order valence-electron chi connectivity index (χ2n) is 8.12. The van der Waals surface area contributed by atoms with Gasteiger partial charge in [-0.3, -0.25) is 0 Å². The van der Waals surface area contributed by atoms with Crippen molar-refractivity contribution >= 4 is 38.5 Å². The molecule has 0 fully saturated rings. The van der Waals surface area contributed by atoms with Gasteiger partial charge >= 0.3 is 0 Å². The van der Waals surface area contributed by atoms with Crippen LogP contribution < -0.4 is 4.90 Å². The van der Waals surface area contributed by atoms with E-state index in [0.717, 1.165) is 36.4 Å². The normalized spacial score (nSPS) is 11.5. The van der Waals surface area contributed by atoms with Crippen molar-refractivity contribution in [2.45, 2.75) is 40.0 Å². The fourth-order valence-electron chi connectivity index (χ4n) is 3.97. The highest BCUT2D eigenvalue weighted by Gasteiger charge is 2.09. The van der Waals surface area contributed by atoms with Crippen LogP contribution >= 0.6 is 11.3 Å². The lowest BCUT2D eigenvalue weighted by Gasteiger charge is -2.20. The van der Waals surface area contributed by atoms with Gasteiger partial charge in [0.05, 0.1) is 11.4 Å². The third-order valence-electron chi connectivity index (χ3n) is 5.87. The van der Waals surface area contributed by atoms with Crippen LogP contribution in [-0.2, 0) is 6.42 Å². The molecule has 4 rings (SSSR count). The van der Waals surface area contributed by atoms with Gasteiger partial charge in [-0.05, 0) is 92.2 Å². The van der Waals surface area contributed by atoms with Crippen LogP contribution in [-0.4, -0.2) is 13.1 Å². The highest BCUT2D eigenvalue weighted by atomic mass is 32.1. The predicted molar refractivity (Wildman–Crippen MR) is 140 cm³/mol. The molecule has 0 spiro atoms. The number of hydrogen-bond acceptors (Lipinski definition) is 4. The molecule has 1 aromatic heterocycles. The Hall–Kier alpha value is -3.05. The zero-order valence-electron chi connectivity index (χ0n) is 19.5. The van der Waals surface area contributed by atoms with Crippen molar-refractivity contribution in [3.63, 3.8) is 0 Å². The first-order valence-corrected chi connectivity index (χ1v) is 12.5. The van der Waals surface area contributed by atoms with Gasteiger partial charge in [-0.15, -0.1) is 11.3 Å². The number of benzene rings is 3. The fraction of sp³-hybridized carbons (Fsp3) is 0.286. The van der Waals surface area contributed by atoms with Crippen molar-refractivity contribution in [3.8, 4) is 11.1 Å². The molecular weight excluding hydrogens is 429 g/mol. The molecule has 0 saturated heterocycles. The number of aryl methyl sites for hydroxylation is 1. The minimum Gasteiger partial charge on any atom is -0.372 e. The van der Waals surface area contributed by atoms with Crippen LogP contribution in [0.25, 0.3) is 21.2 Å². The molecular formula is C28H30FN3S. The summed E-state index contributed by atoms with van der Waals surface area (Å²) in [4.78, 5) is 3.67. The summed E-state index contributed by atoms with van der Waals surface area (Å²) in [5.41, 5.74) is 3.88. The van der Waals surface area contributed by atoms with Crippen molar-refractivity contribution in [3.05, 3.63) is 77.4 Å². The maximum Gasteiger partial charge on any atom is 0.133 e. The second-order valence-corrected chi connectivity index (χ2v) is 9.29. The Morgan fingerprint density at radius 1 is 0.818 bits per heavy atom. The average Bonchev–Trinajstić information content (AvgIpc) is 3.25. The SMILES string of the molecule is CCCCc1cc2cc(-c3ccc(/N=N/c4ccc(N(CC)CC)cc4)cc3F)ccc2s1. The topological polar surface area (TPSA) is 28.0 Å². The van der Waals surface area contributed by atoms with Crippen LogP contribution in [0.3, 0.4) is 0 Å². The van der Waals surface area contributed by atoms with Crippen molar-refractivity contribution in [2.75, 3.05) is 18.0 Å². The van der Waals surface area contributed by atoms with Gasteiger partial charge in [-0.2, -0.15) is 10.2 Å². The van der Waals surface area contributed by atoms with E-state index >= 15 is 0 Å². The van der Waals surface area contributed by atoms with Gasteiger partial charge in [0.15, 0.2) is 0 Å². The van der Waals surface area contributed by atoms with Crippen molar-refractivity contribution < 1.29 is 4.39 Å². The molecule has 3 nitrogen and oxygen atoms in total. The molecule has 0 saturated carbocycles. The summed E-state index contributed by atoms with van der Waals surface area (Å²) >= 11 is 1.83. The molecule has 0 atom stereocenters. The van der Waals surface area contributed by atoms with Crippen LogP contribution in [0.1, 0.15) is 38.5 Å². The largest absolute Gasteiger partial charge is 0.372 e. The Labute approximate surface area is 199 Å². The monoisotopic (exact) mass is 459 g/mol. The highest BCUT2D eigenvalue weighted by molar-refractivity contribution is 7.19. The highest BCUT2D eigenvalue weighted by Crippen LogP contribution is 2.33. The van der Waals surface area contributed by atoms with Gasteiger partial charge in [-0.25, -0.2) is 4.39 Å².